The molecule has 0 heterocycles. The third-order valence-corrected chi connectivity index (χ3v) is 6.92. The maximum Gasteiger partial charge on any atom is 0.344 e. The Morgan fingerprint density at radius 3 is 2.31 bits per heavy atom. The maximum absolute atomic E-state index is 12.6. The minimum absolute atomic E-state index is 0.181. The van der Waals surface area contributed by atoms with E-state index in [1.165, 1.54) is 18.2 Å². The van der Waals surface area contributed by atoms with Crippen molar-refractivity contribution in [1.82, 2.24) is 0 Å². The fourth-order valence-corrected chi connectivity index (χ4v) is 4.75. The number of esters is 1. The SMILES string of the molecule is O=C(Oc1cccc2c(S(=O)(=O)O)cccc12)c1cc(Br)cc(Br)c1Br. The first-order valence-corrected chi connectivity index (χ1v) is 10.9. The summed E-state index contributed by atoms with van der Waals surface area (Å²) in [6.45, 7) is 0. The average Bonchev–Trinajstić information content (AvgIpc) is 2.57. The summed E-state index contributed by atoms with van der Waals surface area (Å²) < 4.78 is 39.9. The van der Waals surface area contributed by atoms with Gasteiger partial charge in [-0.05, 0) is 56.1 Å². The minimum atomic E-state index is -4.41. The van der Waals surface area contributed by atoms with Gasteiger partial charge in [-0.2, -0.15) is 8.42 Å². The highest BCUT2D eigenvalue weighted by Gasteiger charge is 2.19. The summed E-state index contributed by atoms with van der Waals surface area (Å²) in [5.41, 5.74) is 0.286. The molecular formula is C17H9Br3O5S. The Balaban J connectivity index is 2.09. The van der Waals surface area contributed by atoms with E-state index in [-0.39, 0.29) is 21.6 Å². The molecule has 0 saturated carbocycles. The molecule has 26 heavy (non-hydrogen) atoms. The van der Waals surface area contributed by atoms with Gasteiger partial charge in [0.15, 0.2) is 0 Å². The summed E-state index contributed by atoms with van der Waals surface area (Å²) >= 11 is 10.00. The first-order valence-electron chi connectivity index (χ1n) is 7.04. The van der Waals surface area contributed by atoms with Gasteiger partial charge in [0.25, 0.3) is 10.1 Å². The van der Waals surface area contributed by atoms with Gasteiger partial charge >= 0.3 is 5.97 Å². The van der Waals surface area contributed by atoms with Crippen molar-refractivity contribution in [2.24, 2.45) is 0 Å². The number of carbonyl (C=O) groups is 1. The number of hydrogen-bond donors (Lipinski definition) is 1. The minimum Gasteiger partial charge on any atom is -0.422 e. The van der Waals surface area contributed by atoms with E-state index in [0.717, 1.165) is 0 Å². The quantitative estimate of drug-likeness (QED) is 0.194. The molecule has 134 valence electrons. The van der Waals surface area contributed by atoms with Crippen molar-refractivity contribution < 1.29 is 22.5 Å². The van der Waals surface area contributed by atoms with Crippen molar-refractivity contribution >= 4 is 74.6 Å². The van der Waals surface area contributed by atoms with Crippen LogP contribution in [-0.4, -0.2) is 18.9 Å². The number of fused-ring (bicyclic) bond motifs is 1. The summed E-state index contributed by atoms with van der Waals surface area (Å²) in [5.74, 6) is -0.440. The van der Waals surface area contributed by atoms with Gasteiger partial charge in [0.05, 0.1) is 5.56 Å². The number of ether oxygens (including phenoxy) is 1. The van der Waals surface area contributed by atoms with Gasteiger partial charge in [0.1, 0.15) is 10.6 Å². The van der Waals surface area contributed by atoms with Gasteiger partial charge in [0.2, 0.25) is 0 Å². The molecule has 0 spiro atoms. The molecule has 0 bridgehead atoms. The lowest BCUT2D eigenvalue weighted by molar-refractivity contribution is 0.0736. The van der Waals surface area contributed by atoms with E-state index >= 15 is 0 Å². The number of hydrogen-bond acceptors (Lipinski definition) is 4. The Labute approximate surface area is 174 Å². The van der Waals surface area contributed by atoms with E-state index in [2.05, 4.69) is 47.8 Å². The summed E-state index contributed by atoms with van der Waals surface area (Å²) in [5, 5.41) is 0.649. The average molecular weight is 565 g/mol. The first kappa shape index (κ1) is 19.5. The van der Waals surface area contributed by atoms with E-state index in [9.17, 15) is 17.8 Å². The van der Waals surface area contributed by atoms with Gasteiger partial charge in [-0.1, -0.05) is 40.2 Å². The second-order valence-electron chi connectivity index (χ2n) is 5.22. The lowest BCUT2D eigenvalue weighted by atomic mass is 10.1. The van der Waals surface area contributed by atoms with Gasteiger partial charge in [-0.25, -0.2) is 4.79 Å². The zero-order chi connectivity index (χ0) is 19.1. The Bertz CT molecular complexity index is 1140. The van der Waals surface area contributed by atoms with Crippen LogP contribution in [0.4, 0.5) is 0 Å². The van der Waals surface area contributed by atoms with Crippen molar-refractivity contribution in [3.8, 4) is 5.75 Å². The van der Waals surface area contributed by atoms with E-state index in [4.69, 9.17) is 4.74 Å². The number of carbonyl (C=O) groups excluding carboxylic acids is 1. The monoisotopic (exact) mass is 562 g/mol. The van der Waals surface area contributed by atoms with Gasteiger partial charge in [-0.3, -0.25) is 4.55 Å². The van der Waals surface area contributed by atoms with Crippen molar-refractivity contribution in [2.45, 2.75) is 4.90 Å². The zero-order valence-corrected chi connectivity index (χ0v) is 18.3. The van der Waals surface area contributed by atoms with Gasteiger partial charge in [0, 0.05) is 24.2 Å². The van der Waals surface area contributed by atoms with Crippen LogP contribution >= 0.6 is 47.8 Å². The third-order valence-electron chi connectivity index (χ3n) is 3.54. The van der Waals surface area contributed by atoms with Crippen LogP contribution in [0.2, 0.25) is 0 Å². The zero-order valence-electron chi connectivity index (χ0n) is 12.7. The first-order chi connectivity index (χ1) is 12.2. The molecule has 0 fully saturated rings. The van der Waals surface area contributed by atoms with E-state index in [0.29, 0.717) is 18.8 Å². The Morgan fingerprint density at radius 2 is 1.62 bits per heavy atom. The molecule has 0 atom stereocenters. The second kappa shape index (κ2) is 7.40. The van der Waals surface area contributed by atoms with Crippen LogP contribution in [0.3, 0.4) is 0 Å². The van der Waals surface area contributed by atoms with Crippen LogP contribution in [0, 0.1) is 0 Å². The smallest absolute Gasteiger partial charge is 0.344 e. The molecule has 0 aliphatic heterocycles. The van der Waals surface area contributed by atoms with Crippen LogP contribution in [0.25, 0.3) is 10.8 Å². The topological polar surface area (TPSA) is 80.7 Å². The predicted molar refractivity (Wildman–Crippen MR) is 108 cm³/mol. The van der Waals surface area contributed by atoms with Crippen LogP contribution in [0.1, 0.15) is 10.4 Å². The molecular weight excluding hydrogens is 556 g/mol. The highest BCUT2D eigenvalue weighted by Crippen LogP contribution is 2.34. The normalized spacial score (nSPS) is 11.5. The molecule has 5 nitrogen and oxygen atoms in total. The summed E-state index contributed by atoms with van der Waals surface area (Å²) in [6, 6.07) is 12.4. The Morgan fingerprint density at radius 1 is 0.962 bits per heavy atom. The third kappa shape index (κ3) is 3.86. The van der Waals surface area contributed by atoms with Gasteiger partial charge in [-0.15, -0.1) is 0 Å². The fraction of sp³-hybridized carbons (Fsp3) is 0. The van der Waals surface area contributed by atoms with Crippen molar-refractivity contribution in [2.75, 3.05) is 0 Å². The molecule has 9 heteroatoms. The molecule has 0 radical (unpaired) electrons. The van der Waals surface area contributed by atoms with Crippen LogP contribution in [0.15, 0.2) is 66.8 Å². The van der Waals surface area contributed by atoms with Crippen LogP contribution in [0.5, 0.6) is 5.75 Å². The molecule has 3 aromatic carbocycles. The number of benzene rings is 3. The van der Waals surface area contributed by atoms with E-state index in [1.54, 1.807) is 30.3 Å². The number of rotatable bonds is 3. The molecule has 0 aromatic heterocycles. The molecule has 0 aliphatic carbocycles. The predicted octanol–water partition coefficient (Wildman–Crippen LogP) is 5.59. The molecule has 0 unspecified atom stereocenters. The van der Waals surface area contributed by atoms with Crippen molar-refractivity contribution in [3.05, 3.63) is 67.5 Å². The lowest BCUT2D eigenvalue weighted by Crippen LogP contribution is -2.10. The number of halogens is 3. The summed E-state index contributed by atoms with van der Waals surface area (Å²) in [4.78, 5) is 12.4. The molecule has 1 N–H and O–H groups in total. The second-order valence-corrected chi connectivity index (χ2v) is 9.17. The largest absolute Gasteiger partial charge is 0.422 e. The maximum atomic E-state index is 12.6. The lowest BCUT2D eigenvalue weighted by Gasteiger charge is -2.11. The highest BCUT2D eigenvalue weighted by molar-refractivity contribution is 9.13. The standard InChI is InChI=1S/C17H9Br3O5S/c18-9-7-12(16(20)13(19)8-9)17(21)25-14-5-1-4-11-10(14)3-2-6-15(11)26(22,23)24/h1-8H,(H,22,23,24). The van der Waals surface area contributed by atoms with E-state index < -0.39 is 16.1 Å². The van der Waals surface area contributed by atoms with Crippen LogP contribution in [-0.2, 0) is 10.1 Å². The highest BCUT2D eigenvalue weighted by atomic mass is 79.9. The summed E-state index contributed by atoms with van der Waals surface area (Å²) in [7, 11) is -4.41. The molecule has 0 aliphatic rings. The molecule has 3 aromatic rings. The molecule has 0 amide bonds. The summed E-state index contributed by atoms with van der Waals surface area (Å²) in [6.07, 6.45) is 0. The Kier molecular flexibility index (Phi) is 5.55. The van der Waals surface area contributed by atoms with Crippen molar-refractivity contribution in [3.63, 3.8) is 0 Å². The van der Waals surface area contributed by atoms with Crippen LogP contribution < -0.4 is 4.74 Å². The fourth-order valence-electron chi connectivity index (χ4n) is 2.43. The molecule has 3 rings (SSSR count). The van der Waals surface area contributed by atoms with Gasteiger partial charge < -0.3 is 4.74 Å². The van der Waals surface area contributed by atoms with E-state index in [1.807, 2.05) is 0 Å². The Hall–Kier alpha value is -1.26. The molecule has 0 saturated heterocycles. The van der Waals surface area contributed by atoms with Crippen molar-refractivity contribution in [1.29, 1.82) is 0 Å².